The predicted octanol–water partition coefficient (Wildman–Crippen LogP) is 3.61. The number of hydrogen-bond acceptors (Lipinski definition) is 3. The maximum Gasteiger partial charge on any atom is 0.105 e. The third-order valence-electron chi connectivity index (χ3n) is 4.54. The number of nitrogens with one attached hydrogen (secondary N) is 1. The molecule has 1 N–H and O–H groups in total. The molecular formula is C16H27NO2. The van der Waals surface area contributed by atoms with E-state index >= 15 is 0 Å². The molecule has 3 nitrogen and oxygen atoms in total. The lowest BCUT2D eigenvalue weighted by Crippen LogP contribution is -2.35. The van der Waals surface area contributed by atoms with E-state index in [9.17, 15) is 0 Å². The number of ether oxygens (including phenoxy) is 1. The van der Waals surface area contributed by atoms with Crippen molar-refractivity contribution in [1.82, 2.24) is 5.32 Å². The van der Waals surface area contributed by atoms with Crippen molar-refractivity contribution in [2.24, 2.45) is 11.8 Å². The first kappa shape index (κ1) is 14.6. The Labute approximate surface area is 116 Å². The Bertz CT molecular complexity index is 426. The van der Waals surface area contributed by atoms with Gasteiger partial charge in [-0.15, -0.1) is 0 Å². The van der Waals surface area contributed by atoms with Crippen LogP contribution in [-0.4, -0.2) is 18.8 Å². The lowest BCUT2D eigenvalue weighted by molar-refractivity contribution is 0.0475. The number of furan rings is 1. The van der Waals surface area contributed by atoms with Gasteiger partial charge in [0.15, 0.2) is 0 Å². The molecule has 0 bridgehead atoms. The standard InChI is InChI=1S/C16H27NO2/c1-7-17-16(14-8-9(2)18-12(14)5)15-10(3)11(4)19-13(15)6/h8,10-11,13,15-17H,7H2,1-6H3. The third kappa shape index (κ3) is 2.72. The smallest absolute Gasteiger partial charge is 0.105 e. The summed E-state index contributed by atoms with van der Waals surface area (Å²) in [6, 6.07) is 2.49. The number of hydrogen-bond donors (Lipinski definition) is 1. The van der Waals surface area contributed by atoms with E-state index in [0.29, 0.717) is 24.0 Å². The van der Waals surface area contributed by atoms with Crippen LogP contribution < -0.4 is 5.32 Å². The first-order valence-electron chi connectivity index (χ1n) is 7.41. The molecular weight excluding hydrogens is 238 g/mol. The number of aryl methyl sites for hydroxylation is 2. The van der Waals surface area contributed by atoms with Crippen LogP contribution in [0.15, 0.2) is 10.5 Å². The van der Waals surface area contributed by atoms with Crippen LogP contribution in [0.5, 0.6) is 0 Å². The van der Waals surface area contributed by atoms with Gasteiger partial charge in [-0.05, 0) is 46.2 Å². The first-order chi connectivity index (χ1) is 8.95. The van der Waals surface area contributed by atoms with E-state index in [1.54, 1.807) is 0 Å². The molecule has 1 saturated heterocycles. The fourth-order valence-electron chi connectivity index (χ4n) is 3.50. The van der Waals surface area contributed by atoms with Crippen LogP contribution >= 0.6 is 0 Å². The minimum Gasteiger partial charge on any atom is -0.466 e. The van der Waals surface area contributed by atoms with Gasteiger partial charge in [0.25, 0.3) is 0 Å². The van der Waals surface area contributed by atoms with Gasteiger partial charge < -0.3 is 14.5 Å². The van der Waals surface area contributed by atoms with Crippen LogP contribution in [0, 0.1) is 25.7 Å². The van der Waals surface area contributed by atoms with Crippen molar-refractivity contribution >= 4 is 0 Å². The molecule has 0 radical (unpaired) electrons. The summed E-state index contributed by atoms with van der Waals surface area (Å²) in [5, 5.41) is 3.64. The minimum atomic E-state index is 0.281. The molecule has 2 heterocycles. The summed E-state index contributed by atoms with van der Waals surface area (Å²) < 4.78 is 11.7. The van der Waals surface area contributed by atoms with Crippen LogP contribution in [0.25, 0.3) is 0 Å². The second-order valence-electron chi connectivity index (χ2n) is 5.89. The van der Waals surface area contributed by atoms with Gasteiger partial charge >= 0.3 is 0 Å². The molecule has 0 aliphatic carbocycles. The molecule has 1 aromatic rings. The van der Waals surface area contributed by atoms with Gasteiger partial charge in [-0.3, -0.25) is 0 Å². The maximum absolute atomic E-state index is 6.01. The van der Waals surface area contributed by atoms with E-state index in [1.807, 2.05) is 6.92 Å². The summed E-state index contributed by atoms with van der Waals surface area (Å²) in [4.78, 5) is 0. The van der Waals surface area contributed by atoms with Gasteiger partial charge in [0.1, 0.15) is 11.5 Å². The Morgan fingerprint density at radius 2 is 1.89 bits per heavy atom. The fraction of sp³-hybridized carbons (Fsp3) is 0.750. The van der Waals surface area contributed by atoms with E-state index in [-0.39, 0.29) is 6.10 Å². The summed E-state index contributed by atoms with van der Waals surface area (Å²) in [5.41, 5.74) is 1.29. The van der Waals surface area contributed by atoms with E-state index in [4.69, 9.17) is 9.15 Å². The molecule has 5 unspecified atom stereocenters. The lowest BCUT2D eigenvalue weighted by atomic mass is 9.80. The summed E-state index contributed by atoms with van der Waals surface area (Å²) in [6.45, 7) is 13.9. The molecule has 5 atom stereocenters. The molecule has 108 valence electrons. The van der Waals surface area contributed by atoms with E-state index in [1.165, 1.54) is 5.56 Å². The summed E-state index contributed by atoms with van der Waals surface area (Å²) in [6.07, 6.45) is 0.609. The average Bonchev–Trinajstić information content (AvgIpc) is 2.78. The highest BCUT2D eigenvalue weighted by Gasteiger charge is 2.42. The Hall–Kier alpha value is -0.800. The number of rotatable bonds is 4. The van der Waals surface area contributed by atoms with Gasteiger partial charge in [-0.1, -0.05) is 13.8 Å². The topological polar surface area (TPSA) is 34.4 Å². The Balaban J connectivity index is 2.32. The molecule has 1 aromatic heterocycles. The quantitative estimate of drug-likeness (QED) is 0.903. The lowest BCUT2D eigenvalue weighted by Gasteiger charge is -2.29. The second-order valence-corrected chi connectivity index (χ2v) is 5.89. The monoisotopic (exact) mass is 265 g/mol. The molecule has 0 aromatic carbocycles. The zero-order valence-electron chi connectivity index (χ0n) is 13.0. The van der Waals surface area contributed by atoms with E-state index in [2.05, 4.69) is 46.0 Å². The van der Waals surface area contributed by atoms with Crippen LogP contribution in [-0.2, 0) is 4.74 Å². The predicted molar refractivity (Wildman–Crippen MR) is 77.3 cm³/mol. The Kier molecular flexibility index (Phi) is 4.36. The molecule has 0 saturated carbocycles. The van der Waals surface area contributed by atoms with Crippen molar-refractivity contribution in [3.63, 3.8) is 0 Å². The highest BCUT2D eigenvalue weighted by molar-refractivity contribution is 5.25. The largest absolute Gasteiger partial charge is 0.466 e. The molecule has 1 aliphatic rings. The summed E-state index contributed by atoms with van der Waals surface area (Å²) in [7, 11) is 0. The van der Waals surface area contributed by atoms with Crippen molar-refractivity contribution < 1.29 is 9.15 Å². The highest BCUT2D eigenvalue weighted by Crippen LogP contribution is 2.41. The van der Waals surface area contributed by atoms with Crippen LogP contribution in [0.4, 0.5) is 0 Å². The summed E-state index contributed by atoms with van der Waals surface area (Å²) in [5.74, 6) is 3.06. The van der Waals surface area contributed by atoms with Gasteiger partial charge in [0.05, 0.1) is 12.2 Å². The Morgan fingerprint density at radius 1 is 1.21 bits per heavy atom. The van der Waals surface area contributed by atoms with E-state index in [0.717, 1.165) is 18.1 Å². The van der Waals surface area contributed by atoms with Gasteiger partial charge in [-0.2, -0.15) is 0 Å². The normalized spacial score (nSPS) is 32.7. The van der Waals surface area contributed by atoms with Crippen LogP contribution in [0.1, 0.15) is 50.8 Å². The zero-order valence-corrected chi connectivity index (χ0v) is 13.0. The zero-order chi connectivity index (χ0) is 14.2. The van der Waals surface area contributed by atoms with Gasteiger partial charge in [0.2, 0.25) is 0 Å². The molecule has 3 heteroatoms. The highest BCUT2D eigenvalue weighted by atomic mass is 16.5. The minimum absolute atomic E-state index is 0.281. The van der Waals surface area contributed by atoms with Gasteiger partial charge in [-0.25, -0.2) is 0 Å². The average molecular weight is 265 g/mol. The fourth-order valence-corrected chi connectivity index (χ4v) is 3.50. The van der Waals surface area contributed by atoms with E-state index < -0.39 is 0 Å². The molecule has 2 rings (SSSR count). The SMILES string of the molecule is CCNC(c1cc(C)oc1C)C1C(C)OC(C)C1C. The molecule has 1 aliphatic heterocycles. The summed E-state index contributed by atoms with van der Waals surface area (Å²) >= 11 is 0. The van der Waals surface area contributed by atoms with Crippen molar-refractivity contribution in [3.05, 3.63) is 23.2 Å². The van der Waals surface area contributed by atoms with Crippen molar-refractivity contribution in [3.8, 4) is 0 Å². The van der Waals surface area contributed by atoms with Crippen LogP contribution in [0.2, 0.25) is 0 Å². The maximum atomic E-state index is 6.01. The third-order valence-corrected chi connectivity index (χ3v) is 4.54. The van der Waals surface area contributed by atoms with Crippen molar-refractivity contribution in [1.29, 1.82) is 0 Å². The van der Waals surface area contributed by atoms with Gasteiger partial charge in [0, 0.05) is 17.5 Å². The molecule has 19 heavy (non-hydrogen) atoms. The Morgan fingerprint density at radius 3 is 2.32 bits per heavy atom. The molecule has 1 fully saturated rings. The second kappa shape index (κ2) is 5.68. The molecule has 0 spiro atoms. The molecule has 0 amide bonds. The van der Waals surface area contributed by atoms with Crippen molar-refractivity contribution in [2.75, 3.05) is 6.54 Å². The van der Waals surface area contributed by atoms with Crippen molar-refractivity contribution in [2.45, 2.75) is 59.8 Å². The first-order valence-corrected chi connectivity index (χ1v) is 7.41. The van der Waals surface area contributed by atoms with Crippen LogP contribution in [0.3, 0.4) is 0 Å².